The molecule has 0 spiro atoms. The summed E-state index contributed by atoms with van der Waals surface area (Å²) >= 11 is 0. The zero-order valence-electron chi connectivity index (χ0n) is 13.5. The van der Waals surface area contributed by atoms with Crippen molar-refractivity contribution in [2.24, 2.45) is 5.11 Å². The van der Waals surface area contributed by atoms with Crippen molar-refractivity contribution < 1.29 is 41.6 Å². The predicted molar refractivity (Wildman–Crippen MR) is 83.3 cm³/mol. The molecule has 0 aliphatic heterocycles. The first-order valence-corrected chi connectivity index (χ1v) is 8.82. The van der Waals surface area contributed by atoms with E-state index in [4.69, 9.17) is 24.3 Å². The molecule has 0 aromatic carbocycles. The second-order valence-electron chi connectivity index (χ2n) is 4.17. The Morgan fingerprint density at radius 3 is 2.16 bits per heavy atom. The lowest BCUT2D eigenvalue weighted by atomic mass is 10.7. The fourth-order valence-electron chi connectivity index (χ4n) is 1.19. The first-order chi connectivity index (χ1) is 12.0. The summed E-state index contributed by atoms with van der Waals surface area (Å²) in [6.07, 6.45) is -1.05. The van der Waals surface area contributed by atoms with Gasteiger partial charge in [-0.3, -0.25) is 4.55 Å². The van der Waals surface area contributed by atoms with Crippen LogP contribution in [-0.2, 0) is 33.9 Å². The van der Waals surface area contributed by atoms with Crippen molar-refractivity contribution in [1.82, 2.24) is 5.48 Å². The molecule has 0 saturated heterocycles. The average Bonchev–Trinajstić information content (AvgIpc) is 2.55. The minimum absolute atomic E-state index is 0.0542. The van der Waals surface area contributed by atoms with Crippen LogP contribution in [0.2, 0.25) is 0 Å². The highest BCUT2D eigenvalue weighted by atomic mass is 32.2. The summed E-state index contributed by atoms with van der Waals surface area (Å²) in [6, 6.07) is 0. The number of azide groups is 1. The number of nitrogens with zero attached hydrogens (tertiary/aromatic N) is 3. The number of carbonyl (C=O) groups excluding carboxylic acids is 1. The summed E-state index contributed by atoms with van der Waals surface area (Å²) in [5.41, 5.74) is 10.1. The predicted octanol–water partition coefficient (Wildman–Crippen LogP) is -0.108. The van der Waals surface area contributed by atoms with Crippen LogP contribution in [0.1, 0.15) is 0 Å². The van der Waals surface area contributed by atoms with Gasteiger partial charge in [-0.1, -0.05) is 5.11 Å². The zero-order chi connectivity index (χ0) is 18.8. The molecule has 0 rings (SSSR count). The molecule has 0 aromatic rings. The van der Waals surface area contributed by atoms with Crippen LogP contribution in [0.15, 0.2) is 5.11 Å². The van der Waals surface area contributed by atoms with Gasteiger partial charge in [-0.25, -0.2) is 4.79 Å². The molecule has 146 valence electrons. The maximum absolute atomic E-state index is 11.0. The topological polar surface area (TPSA) is 178 Å². The van der Waals surface area contributed by atoms with E-state index in [-0.39, 0.29) is 26.3 Å². The van der Waals surface area contributed by atoms with Crippen LogP contribution in [0.3, 0.4) is 0 Å². The van der Waals surface area contributed by atoms with Gasteiger partial charge in [0.1, 0.15) is 6.61 Å². The van der Waals surface area contributed by atoms with E-state index in [1.54, 1.807) is 0 Å². The number of ether oxygens (including phenoxy) is 4. The Labute approximate surface area is 144 Å². The van der Waals surface area contributed by atoms with Gasteiger partial charge >= 0.3 is 6.16 Å². The number of hydrogen-bond donors (Lipinski definition) is 2. The Balaban J connectivity index is 3.24. The molecule has 25 heavy (non-hydrogen) atoms. The molecule has 0 saturated carbocycles. The highest BCUT2D eigenvalue weighted by Gasteiger charge is 2.06. The minimum atomic E-state index is -4.11. The Bertz CT molecular complexity index is 496. The molecular weight excluding hydrogens is 364 g/mol. The maximum atomic E-state index is 11.0. The number of nitrogens with one attached hydrogen (secondary N) is 1. The first-order valence-electron chi connectivity index (χ1n) is 7.21. The summed E-state index contributed by atoms with van der Waals surface area (Å²) in [4.78, 5) is 17.9. The average molecular weight is 386 g/mol. The lowest BCUT2D eigenvalue weighted by Crippen LogP contribution is -2.27. The molecule has 14 heteroatoms. The van der Waals surface area contributed by atoms with Gasteiger partial charge in [0.2, 0.25) is 0 Å². The highest BCUT2D eigenvalue weighted by Crippen LogP contribution is 1.86. The number of hydroxylamine groups is 1. The van der Waals surface area contributed by atoms with E-state index in [9.17, 15) is 13.2 Å². The standard InChI is InChI=1S/C11H22N4O9S/c12-15-13-1-3-20-4-5-21-6-7-22-8-9-23-11(16)24-14-2-10-25(17,18)19/h14H,1-10H2,(H,17,18,19). The van der Waals surface area contributed by atoms with E-state index < -0.39 is 22.0 Å². The number of hydrogen-bond acceptors (Lipinski definition) is 10. The molecule has 13 nitrogen and oxygen atoms in total. The van der Waals surface area contributed by atoms with Crippen molar-refractivity contribution in [2.45, 2.75) is 0 Å². The van der Waals surface area contributed by atoms with E-state index in [1.807, 2.05) is 5.48 Å². The summed E-state index contributed by atoms with van der Waals surface area (Å²) in [5, 5.41) is 3.30. The Hall–Kier alpha value is -1.67. The van der Waals surface area contributed by atoms with Crippen LogP contribution < -0.4 is 5.48 Å². The van der Waals surface area contributed by atoms with Crippen LogP contribution in [0, 0.1) is 0 Å². The molecule has 0 aliphatic rings. The third-order valence-corrected chi connectivity index (χ3v) is 2.93. The Morgan fingerprint density at radius 2 is 1.60 bits per heavy atom. The van der Waals surface area contributed by atoms with E-state index in [0.717, 1.165) is 0 Å². The first kappa shape index (κ1) is 23.3. The smallest absolute Gasteiger partial charge is 0.431 e. The SMILES string of the molecule is [N-]=[N+]=NCCOCCOCCOCCOC(=O)ONCCS(=O)(=O)O. The maximum Gasteiger partial charge on any atom is 0.527 e. The van der Waals surface area contributed by atoms with Gasteiger partial charge in [-0.2, -0.15) is 8.42 Å². The van der Waals surface area contributed by atoms with Crippen LogP contribution in [0.4, 0.5) is 4.79 Å². The summed E-state index contributed by atoms with van der Waals surface area (Å²) < 4.78 is 49.2. The second-order valence-corrected chi connectivity index (χ2v) is 5.74. The van der Waals surface area contributed by atoms with Gasteiger partial charge in [-0.15, -0.1) is 5.48 Å². The third-order valence-electron chi connectivity index (χ3n) is 2.21. The van der Waals surface area contributed by atoms with Gasteiger partial charge in [0, 0.05) is 18.0 Å². The molecule has 0 unspecified atom stereocenters. The normalized spacial score (nSPS) is 10.9. The van der Waals surface area contributed by atoms with E-state index in [0.29, 0.717) is 33.0 Å². The van der Waals surface area contributed by atoms with Crippen molar-refractivity contribution in [1.29, 1.82) is 0 Å². The van der Waals surface area contributed by atoms with E-state index in [1.165, 1.54) is 0 Å². The van der Waals surface area contributed by atoms with Gasteiger partial charge in [0.25, 0.3) is 10.1 Å². The Kier molecular flexibility index (Phi) is 14.8. The third kappa shape index (κ3) is 20.3. The number of rotatable bonds is 16. The summed E-state index contributed by atoms with van der Waals surface area (Å²) in [6.45, 7) is 1.80. The molecule has 2 N–H and O–H groups in total. The second kappa shape index (κ2) is 15.8. The van der Waals surface area contributed by atoms with E-state index in [2.05, 4.69) is 19.6 Å². The quantitative estimate of drug-likeness (QED) is 0.0691. The summed E-state index contributed by atoms with van der Waals surface area (Å²) in [5.74, 6) is -0.595. The lowest BCUT2D eigenvalue weighted by molar-refractivity contribution is -0.0133. The van der Waals surface area contributed by atoms with Gasteiger partial charge in [0.05, 0.1) is 45.4 Å². The zero-order valence-corrected chi connectivity index (χ0v) is 14.4. The fourth-order valence-corrected chi connectivity index (χ4v) is 1.53. The van der Waals surface area contributed by atoms with Crippen molar-refractivity contribution in [3.8, 4) is 0 Å². The molecule has 0 atom stereocenters. The van der Waals surface area contributed by atoms with Crippen molar-refractivity contribution >= 4 is 16.3 Å². The van der Waals surface area contributed by atoms with E-state index >= 15 is 0 Å². The van der Waals surface area contributed by atoms with Gasteiger partial charge in [-0.05, 0) is 5.53 Å². The number of carbonyl (C=O) groups is 1. The molecule has 0 aromatic heterocycles. The largest absolute Gasteiger partial charge is 0.527 e. The molecule has 0 amide bonds. The fraction of sp³-hybridized carbons (Fsp3) is 0.909. The van der Waals surface area contributed by atoms with Crippen LogP contribution >= 0.6 is 0 Å². The molecule has 0 aliphatic carbocycles. The monoisotopic (exact) mass is 386 g/mol. The van der Waals surface area contributed by atoms with Crippen LogP contribution in [-0.4, -0.2) is 84.2 Å². The van der Waals surface area contributed by atoms with Crippen molar-refractivity contribution in [3.63, 3.8) is 0 Å². The molecule has 0 radical (unpaired) electrons. The van der Waals surface area contributed by atoms with Crippen LogP contribution in [0.5, 0.6) is 0 Å². The molecular formula is C11H22N4O9S. The molecule has 0 heterocycles. The Morgan fingerprint density at radius 1 is 1.04 bits per heavy atom. The lowest BCUT2D eigenvalue weighted by Gasteiger charge is -2.07. The molecule has 0 bridgehead atoms. The van der Waals surface area contributed by atoms with Gasteiger partial charge < -0.3 is 23.8 Å². The van der Waals surface area contributed by atoms with Gasteiger partial charge in [0.15, 0.2) is 0 Å². The molecule has 0 fully saturated rings. The van der Waals surface area contributed by atoms with Crippen molar-refractivity contribution in [3.05, 3.63) is 10.4 Å². The summed E-state index contributed by atoms with van der Waals surface area (Å²) in [7, 11) is -4.11. The van der Waals surface area contributed by atoms with Crippen LogP contribution in [0.25, 0.3) is 10.4 Å². The van der Waals surface area contributed by atoms with Crippen molar-refractivity contribution in [2.75, 3.05) is 65.1 Å². The minimum Gasteiger partial charge on any atom is -0.431 e. The highest BCUT2D eigenvalue weighted by molar-refractivity contribution is 7.85.